The van der Waals surface area contributed by atoms with Gasteiger partial charge in [-0.1, -0.05) is 19.1 Å². The Bertz CT molecular complexity index is 876. The molecule has 0 spiro atoms. The molecule has 1 aromatic carbocycles. The summed E-state index contributed by atoms with van der Waals surface area (Å²) in [5.41, 5.74) is 1.65. The number of likely N-dealkylation sites (tertiary alicyclic amines) is 1. The van der Waals surface area contributed by atoms with E-state index in [-0.39, 0.29) is 11.8 Å². The highest BCUT2D eigenvalue weighted by Gasteiger charge is 2.24. The van der Waals surface area contributed by atoms with E-state index in [1.54, 1.807) is 11.1 Å². The molecule has 2 aromatic rings. The number of benzene rings is 1. The summed E-state index contributed by atoms with van der Waals surface area (Å²) in [6.07, 6.45) is 5.77. The van der Waals surface area contributed by atoms with E-state index in [1.165, 1.54) is 25.9 Å². The Morgan fingerprint density at radius 1 is 1.20 bits per heavy atom. The van der Waals surface area contributed by atoms with E-state index in [2.05, 4.69) is 22.2 Å². The lowest BCUT2D eigenvalue weighted by Crippen LogP contribution is -2.37. The average Bonchev–Trinajstić information content (AvgIpc) is 3.23. The number of fused-ring (bicyclic) bond motifs is 1. The maximum Gasteiger partial charge on any atom is 0.251 e. The molecule has 0 unspecified atom stereocenters. The zero-order valence-corrected chi connectivity index (χ0v) is 17.7. The first-order valence-electron chi connectivity index (χ1n) is 11.0. The molecular weight excluding hydrogens is 378 g/mol. The molecule has 1 fully saturated rings. The van der Waals surface area contributed by atoms with Gasteiger partial charge in [-0.2, -0.15) is 5.10 Å². The Balaban J connectivity index is 1.25. The molecule has 1 N–H and O–H groups in total. The van der Waals surface area contributed by atoms with Crippen molar-refractivity contribution in [3.05, 3.63) is 47.7 Å². The van der Waals surface area contributed by atoms with Crippen molar-refractivity contribution in [1.29, 1.82) is 0 Å². The van der Waals surface area contributed by atoms with Gasteiger partial charge < -0.3 is 10.2 Å². The molecule has 3 heterocycles. The molecule has 0 aliphatic carbocycles. The molecule has 160 valence electrons. The van der Waals surface area contributed by atoms with E-state index in [4.69, 9.17) is 0 Å². The third kappa shape index (κ3) is 4.90. The van der Waals surface area contributed by atoms with Crippen LogP contribution in [0, 0.1) is 5.92 Å². The smallest absolute Gasteiger partial charge is 0.251 e. The van der Waals surface area contributed by atoms with E-state index in [1.807, 2.05) is 35.0 Å². The minimum absolute atomic E-state index is 0.0410. The summed E-state index contributed by atoms with van der Waals surface area (Å²) in [6.45, 7) is 7.53. The minimum Gasteiger partial charge on any atom is -0.352 e. The molecule has 0 saturated carbocycles. The Kier molecular flexibility index (Phi) is 6.47. The van der Waals surface area contributed by atoms with Gasteiger partial charge in [0.1, 0.15) is 5.82 Å². The molecule has 2 aliphatic heterocycles. The molecule has 1 saturated heterocycles. The molecule has 7 heteroatoms. The number of nitrogens with one attached hydrogen (secondary N) is 1. The summed E-state index contributed by atoms with van der Waals surface area (Å²) < 4.78 is 1.85. The van der Waals surface area contributed by atoms with Crippen LogP contribution in [0.5, 0.6) is 0 Å². The van der Waals surface area contributed by atoms with Gasteiger partial charge in [0.2, 0.25) is 5.91 Å². The highest BCUT2D eigenvalue weighted by Crippen LogP contribution is 2.23. The fraction of sp³-hybridized carbons (Fsp3) is 0.522. The summed E-state index contributed by atoms with van der Waals surface area (Å²) in [7, 11) is 0. The number of aromatic nitrogens is 2. The number of hydrogen-bond acceptors (Lipinski definition) is 4. The van der Waals surface area contributed by atoms with Gasteiger partial charge in [-0.15, -0.1) is 0 Å². The van der Waals surface area contributed by atoms with Gasteiger partial charge in [0, 0.05) is 31.1 Å². The van der Waals surface area contributed by atoms with Crippen LogP contribution in [0.1, 0.15) is 48.5 Å². The summed E-state index contributed by atoms with van der Waals surface area (Å²) >= 11 is 0. The van der Waals surface area contributed by atoms with Crippen molar-refractivity contribution in [3.8, 4) is 0 Å². The second-order valence-electron chi connectivity index (χ2n) is 8.50. The number of rotatable bonds is 7. The second-order valence-corrected chi connectivity index (χ2v) is 8.50. The first-order chi connectivity index (χ1) is 14.6. The van der Waals surface area contributed by atoms with Crippen molar-refractivity contribution in [2.75, 3.05) is 31.1 Å². The predicted molar refractivity (Wildman–Crippen MR) is 116 cm³/mol. The Labute approximate surface area is 178 Å². The number of nitrogens with zero attached hydrogens (tertiary/aromatic N) is 4. The van der Waals surface area contributed by atoms with Crippen LogP contribution < -0.4 is 10.2 Å². The van der Waals surface area contributed by atoms with Crippen LogP contribution in [0.15, 0.2) is 36.5 Å². The minimum atomic E-state index is -0.0410. The van der Waals surface area contributed by atoms with Crippen LogP contribution in [0.2, 0.25) is 0 Å². The van der Waals surface area contributed by atoms with E-state index >= 15 is 0 Å². The first kappa shape index (κ1) is 20.6. The third-order valence-corrected chi connectivity index (χ3v) is 6.04. The zero-order valence-electron chi connectivity index (χ0n) is 17.7. The summed E-state index contributed by atoms with van der Waals surface area (Å²) in [4.78, 5) is 29.0. The molecule has 30 heavy (non-hydrogen) atoms. The van der Waals surface area contributed by atoms with E-state index in [0.717, 1.165) is 30.3 Å². The molecule has 7 nitrogen and oxygen atoms in total. The molecule has 0 radical (unpaired) electrons. The third-order valence-electron chi connectivity index (χ3n) is 6.04. The second kappa shape index (κ2) is 9.43. The van der Waals surface area contributed by atoms with Gasteiger partial charge in [0.25, 0.3) is 5.91 Å². The van der Waals surface area contributed by atoms with Crippen molar-refractivity contribution in [1.82, 2.24) is 20.0 Å². The number of aryl methyl sites for hydroxylation is 1. The molecular formula is C23H31N5O2. The van der Waals surface area contributed by atoms with Crippen LogP contribution in [-0.4, -0.2) is 52.7 Å². The van der Waals surface area contributed by atoms with Crippen LogP contribution in [0.25, 0.3) is 0 Å². The van der Waals surface area contributed by atoms with E-state index < -0.39 is 0 Å². The Hall–Kier alpha value is -2.67. The lowest BCUT2D eigenvalue weighted by molar-refractivity contribution is -0.119. The number of carbonyl (C=O) groups is 2. The number of carbonyl (C=O) groups excluding carboxylic acids is 2. The molecule has 2 aliphatic rings. The predicted octanol–water partition coefficient (Wildman–Crippen LogP) is 2.67. The fourth-order valence-electron chi connectivity index (χ4n) is 4.40. The van der Waals surface area contributed by atoms with Crippen molar-refractivity contribution in [3.63, 3.8) is 0 Å². The molecule has 2 amide bonds. The van der Waals surface area contributed by atoms with Gasteiger partial charge in [-0.05, 0) is 56.0 Å². The van der Waals surface area contributed by atoms with Gasteiger partial charge in [0.15, 0.2) is 0 Å². The lowest BCUT2D eigenvalue weighted by atomic mass is 10.0. The monoisotopic (exact) mass is 409 g/mol. The van der Waals surface area contributed by atoms with Crippen LogP contribution in [0.4, 0.5) is 5.82 Å². The summed E-state index contributed by atoms with van der Waals surface area (Å²) in [5, 5.41) is 7.28. The van der Waals surface area contributed by atoms with E-state index in [0.29, 0.717) is 31.6 Å². The van der Waals surface area contributed by atoms with Gasteiger partial charge in [-0.3, -0.25) is 14.5 Å². The SMILES string of the molecule is C[C@H]1CCCN(CCCNC(=O)c2ccc(CN3C(=O)CCn4nccc43)cc2)C1. The van der Waals surface area contributed by atoms with E-state index in [9.17, 15) is 9.59 Å². The van der Waals surface area contributed by atoms with Crippen molar-refractivity contribution in [2.24, 2.45) is 5.92 Å². The fourth-order valence-corrected chi connectivity index (χ4v) is 4.40. The topological polar surface area (TPSA) is 70.5 Å². The van der Waals surface area contributed by atoms with Crippen LogP contribution >= 0.6 is 0 Å². The molecule has 1 atom stereocenters. The Morgan fingerprint density at radius 3 is 2.83 bits per heavy atom. The van der Waals surface area contributed by atoms with Gasteiger partial charge in [0.05, 0.1) is 19.3 Å². The van der Waals surface area contributed by atoms with Gasteiger partial charge in [-0.25, -0.2) is 4.68 Å². The maximum absolute atomic E-state index is 12.4. The van der Waals surface area contributed by atoms with Gasteiger partial charge >= 0.3 is 0 Å². The molecule has 0 bridgehead atoms. The van der Waals surface area contributed by atoms with Crippen molar-refractivity contribution in [2.45, 2.75) is 45.7 Å². The number of hydrogen-bond donors (Lipinski definition) is 1. The zero-order chi connectivity index (χ0) is 20.9. The first-order valence-corrected chi connectivity index (χ1v) is 11.0. The molecule has 4 rings (SSSR count). The van der Waals surface area contributed by atoms with Crippen LogP contribution in [-0.2, 0) is 17.9 Å². The standard InChI is InChI=1S/C23H31N5O2/c1-18-4-2-13-26(16-18)14-3-11-24-23(30)20-7-5-19(6-8-20)17-27-21-9-12-25-28(21)15-10-22(27)29/h5-9,12,18H,2-4,10-11,13-17H2,1H3,(H,24,30)/t18-/m0/s1. The summed E-state index contributed by atoms with van der Waals surface area (Å²) in [6, 6.07) is 9.38. The summed E-state index contributed by atoms with van der Waals surface area (Å²) in [5.74, 6) is 1.68. The lowest BCUT2D eigenvalue weighted by Gasteiger charge is -2.30. The number of amides is 2. The quantitative estimate of drug-likeness (QED) is 0.714. The number of piperidine rings is 1. The highest BCUT2D eigenvalue weighted by molar-refractivity contribution is 5.95. The van der Waals surface area contributed by atoms with Crippen LogP contribution in [0.3, 0.4) is 0 Å². The largest absolute Gasteiger partial charge is 0.352 e. The van der Waals surface area contributed by atoms with Crippen molar-refractivity contribution < 1.29 is 9.59 Å². The Morgan fingerprint density at radius 2 is 2.03 bits per heavy atom. The highest BCUT2D eigenvalue weighted by atomic mass is 16.2. The molecule has 1 aromatic heterocycles. The normalized spacial score (nSPS) is 19.6. The number of anilines is 1. The maximum atomic E-state index is 12.4. The average molecular weight is 410 g/mol. The van der Waals surface area contributed by atoms with Crippen molar-refractivity contribution >= 4 is 17.6 Å².